The van der Waals surface area contributed by atoms with E-state index in [9.17, 15) is 0 Å². The lowest BCUT2D eigenvalue weighted by atomic mass is 9.97. The Balaban J connectivity index is 2.52. The van der Waals surface area contributed by atoms with Gasteiger partial charge in [0.05, 0.1) is 0 Å². The number of hydrogen-bond acceptors (Lipinski definition) is 2. The van der Waals surface area contributed by atoms with Crippen LogP contribution in [0.15, 0.2) is 30.9 Å². The number of allylic oxidation sites excluding steroid dienone is 1. The molecule has 1 aromatic rings. The average molecular weight is 267 g/mol. The molecule has 2 nitrogen and oxygen atoms in total. The molecule has 0 radical (unpaired) electrons. The topological polar surface area (TPSA) is 38.0 Å². The minimum absolute atomic E-state index is 0.214. The molecule has 0 bridgehead atoms. The van der Waals surface area contributed by atoms with E-state index in [1.54, 1.807) is 0 Å². The summed E-state index contributed by atoms with van der Waals surface area (Å²) in [5.41, 5.74) is 5.34. The summed E-state index contributed by atoms with van der Waals surface area (Å²) < 4.78 is 0. The zero-order chi connectivity index (χ0) is 13.4. The largest absolute Gasteiger partial charge is 0.271 e. The summed E-state index contributed by atoms with van der Waals surface area (Å²) in [6.45, 7) is 5.80. The van der Waals surface area contributed by atoms with Crippen molar-refractivity contribution >= 4 is 11.6 Å². The van der Waals surface area contributed by atoms with E-state index in [0.29, 0.717) is 0 Å². The second-order valence-corrected chi connectivity index (χ2v) is 5.08. The summed E-state index contributed by atoms with van der Waals surface area (Å²) in [5.74, 6) is 5.65. The molecule has 1 rings (SSSR count). The molecule has 18 heavy (non-hydrogen) atoms. The smallest absolute Gasteiger partial charge is 0.0462 e. The summed E-state index contributed by atoms with van der Waals surface area (Å²) in [5, 5.41) is 0.776. The van der Waals surface area contributed by atoms with Crippen LogP contribution in [-0.4, -0.2) is 0 Å². The molecule has 0 saturated carbocycles. The molecule has 0 aliphatic rings. The second-order valence-electron chi connectivity index (χ2n) is 4.65. The number of nitrogens with two attached hydrogens (primary N) is 1. The molecule has 0 aromatic heterocycles. The first-order valence-corrected chi connectivity index (χ1v) is 6.90. The van der Waals surface area contributed by atoms with Crippen LogP contribution < -0.4 is 11.3 Å². The molecule has 3 heteroatoms. The van der Waals surface area contributed by atoms with E-state index >= 15 is 0 Å². The molecule has 1 aromatic carbocycles. The summed E-state index contributed by atoms with van der Waals surface area (Å²) in [7, 11) is 0. The summed E-state index contributed by atoms with van der Waals surface area (Å²) in [4.78, 5) is 0. The number of hydrazine groups is 1. The Labute approximate surface area is 115 Å². The van der Waals surface area contributed by atoms with Crippen LogP contribution in [0.2, 0.25) is 5.02 Å². The first-order valence-electron chi connectivity index (χ1n) is 6.52. The molecule has 0 amide bonds. The van der Waals surface area contributed by atoms with Crippen LogP contribution in [0.5, 0.6) is 0 Å². The Bertz CT molecular complexity index is 377. The number of halogens is 1. The van der Waals surface area contributed by atoms with E-state index in [-0.39, 0.29) is 6.04 Å². The van der Waals surface area contributed by atoms with E-state index in [1.807, 2.05) is 18.2 Å². The van der Waals surface area contributed by atoms with Crippen molar-refractivity contribution < 1.29 is 0 Å². The van der Waals surface area contributed by atoms with Crippen molar-refractivity contribution in [3.8, 4) is 0 Å². The van der Waals surface area contributed by atoms with Crippen LogP contribution in [0.1, 0.15) is 49.3 Å². The Morgan fingerprint density at radius 2 is 2.17 bits per heavy atom. The molecule has 100 valence electrons. The van der Waals surface area contributed by atoms with Gasteiger partial charge in [0.1, 0.15) is 0 Å². The highest BCUT2D eigenvalue weighted by atomic mass is 35.5. The van der Waals surface area contributed by atoms with Gasteiger partial charge in [0.2, 0.25) is 0 Å². The van der Waals surface area contributed by atoms with Gasteiger partial charge < -0.3 is 0 Å². The van der Waals surface area contributed by atoms with Crippen molar-refractivity contribution in [1.82, 2.24) is 5.43 Å². The van der Waals surface area contributed by atoms with Crippen LogP contribution in [-0.2, 0) is 0 Å². The maximum atomic E-state index is 5.97. The summed E-state index contributed by atoms with van der Waals surface area (Å²) in [6.07, 6.45) is 7.72. The van der Waals surface area contributed by atoms with Crippen LogP contribution in [0.3, 0.4) is 0 Å². The fraction of sp³-hybridized carbons (Fsp3) is 0.467. The van der Waals surface area contributed by atoms with Crippen molar-refractivity contribution in [1.29, 1.82) is 0 Å². The fourth-order valence-corrected chi connectivity index (χ4v) is 2.40. The van der Waals surface area contributed by atoms with E-state index in [0.717, 1.165) is 17.9 Å². The SMILES string of the molecule is C=CCCCCCC(NN)c1ccc(Cl)cc1C. The number of unbranched alkanes of at least 4 members (excludes halogenated alkanes) is 3. The molecular formula is C15H23ClN2. The average Bonchev–Trinajstić information content (AvgIpc) is 2.35. The minimum atomic E-state index is 0.214. The number of rotatable bonds is 8. The van der Waals surface area contributed by atoms with E-state index in [4.69, 9.17) is 17.4 Å². The number of benzene rings is 1. The molecule has 1 atom stereocenters. The molecule has 0 heterocycles. The molecule has 0 fully saturated rings. The van der Waals surface area contributed by atoms with E-state index in [2.05, 4.69) is 25.0 Å². The van der Waals surface area contributed by atoms with Gasteiger partial charge in [-0.2, -0.15) is 0 Å². The highest BCUT2D eigenvalue weighted by Crippen LogP contribution is 2.25. The standard InChI is InChI=1S/C15H23ClN2/c1-3-4-5-6-7-8-15(18-17)14-10-9-13(16)11-12(14)2/h3,9-11,15,18H,1,4-8,17H2,2H3. The first-order chi connectivity index (χ1) is 8.69. The maximum Gasteiger partial charge on any atom is 0.0462 e. The molecule has 0 spiro atoms. The Kier molecular flexibility index (Phi) is 7.02. The minimum Gasteiger partial charge on any atom is -0.271 e. The highest BCUT2D eigenvalue weighted by molar-refractivity contribution is 6.30. The van der Waals surface area contributed by atoms with Crippen LogP contribution in [0, 0.1) is 6.92 Å². The lowest BCUT2D eigenvalue weighted by Crippen LogP contribution is -2.28. The van der Waals surface area contributed by atoms with E-state index in [1.165, 1.54) is 30.4 Å². The molecule has 1 unspecified atom stereocenters. The second kappa shape index (κ2) is 8.30. The van der Waals surface area contributed by atoms with Crippen molar-refractivity contribution in [3.05, 3.63) is 47.0 Å². The zero-order valence-electron chi connectivity index (χ0n) is 11.1. The normalized spacial score (nSPS) is 12.4. The van der Waals surface area contributed by atoms with Crippen LogP contribution >= 0.6 is 11.6 Å². The van der Waals surface area contributed by atoms with Gasteiger partial charge in [-0.15, -0.1) is 6.58 Å². The first kappa shape index (κ1) is 15.2. The highest BCUT2D eigenvalue weighted by Gasteiger charge is 2.11. The third kappa shape index (κ3) is 4.81. The van der Waals surface area contributed by atoms with Gasteiger partial charge in [-0.3, -0.25) is 11.3 Å². The van der Waals surface area contributed by atoms with Gasteiger partial charge in [-0.25, -0.2) is 0 Å². The monoisotopic (exact) mass is 266 g/mol. The van der Waals surface area contributed by atoms with Crippen LogP contribution in [0.25, 0.3) is 0 Å². The van der Waals surface area contributed by atoms with Gasteiger partial charge in [-0.1, -0.05) is 36.6 Å². The summed E-state index contributed by atoms with van der Waals surface area (Å²) >= 11 is 5.97. The van der Waals surface area contributed by atoms with Gasteiger partial charge in [0, 0.05) is 11.1 Å². The number of hydrogen-bond donors (Lipinski definition) is 2. The molecule has 0 saturated heterocycles. The van der Waals surface area contributed by atoms with Gasteiger partial charge in [0.15, 0.2) is 0 Å². The number of aryl methyl sites for hydroxylation is 1. The molecule has 0 aliphatic carbocycles. The van der Waals surface area contributed by atoms with Crippen molar-refractivity contribution in [2.45, 2.75) is 45.1 Å². The molecule has 0 aliphatic heterocycles. The van der Waals surface area contributed by atoms with Crippen molar-refractivity contribution in [3.63, 3.8) is 0 Å². The Morgan fingerprint density at radius 3 is 2.78 bits per heavy atom. The van der Waals surface area contributed by atoms with Crippen molar-refractivity contribution in [2.24, 2.45) is 5.84 Å². The maximum absolute atomic E-state index is 5.97. The van der Waals surface area contributed by atoms with Crippen molar-refractivity contribution in [2.75, 3.05) is 0 Å². The van der Waals surface area contributed by atoms with Gasteiger partial charge in [0.25, 0.3) is 0 Å². The van der Waals surface area contributed by atoms with E-state index < -0.39 is 0 Å². The fourth-order valence-electron chi connectivity index (χ4n) is 2.17. The zero-order valence-corrected chi connectivity index (χ0v) is 11.8. The number of nitrogens with one attached hydrogen (secondary N) is 1. The predicted octanol–water partition coefficient (Wildman–Crippen LogP) is 4.29. The summed E-state index contributed by atoms with van der Waals surface area (Å²) in [6, 6.07) is 6.18. The lowest BCUT2D eigenvalue weighted by Gasteiger charge is -2.18. The lowest BCUT2D eigenvalue weighted by molar-refractivity contribution is 0.482. The quantitative estimate of drug-likeness (QED) is 0.319. The van der Waals surface area contributed by atoms with Gasteiger partial charge >= 0.3 is 0 Å². The Hall–Kier alpha value is -0.830. The molecule has 3 N–H and O–H groups in total. The third-order valence-electron chi connectivity index (χ3n) is 3.21. The van der Waals surface area contributed by atoms with Crippen LogP contribution in [0.4, 0.5) is 0 Å². The predicted molar refractivity (Wildman–Crippen MR) is 79.5 cm³/mol. The Morgan fingerprint density at radius 1 is 1.39 bits per heavy atom. The molecular weight excluding hydrogens is 244 g/mol. The van der Waals surface area contributed by atoms with Gasteiger partial charge in [-0.05, 0) is 49.4 Å². The third-order valence-corrected chi connectivity index (χ3v) is 3.44.